The van der Waals surface area contributed by atoms with Crippen LogP contribution in [0.1, 0.15) is 27.7 Å². The van der Waals surface area contributed by atoms with E-state index >= 15 is 0 Å². The third-order valence-corrected chi connectivity index (χ3v) is 13.4. The summed E-state index contributed by atoms with van der Waals surface area (Å²) in [6.07, 6.45) is 0. The van der Waals surface area contributed by atoms with E-state index in [9.17, 15) is 9.59 Å². The van der Waals surface area contributed by atoms with E-state index in [0.29, 0.717) is 6.04 Å². The Morgan fingerprint density at radius 1 is 1.00 bits per heavy atom. The molecule has 0 heterocycles. The second-order valence-corrected chi connectivity index (χ2v) is 14.1. The molecule has 0 spiro atoms. The molecule has 0 aromatic heterocycles. The van der Waals surface area contributed by atoms with Crippen LogP contribution in [0.5, 0.6) is 0 Å². The van der Waals surface area contributed by atoms with Gasteiger partial charge in [-0.15, -0.1) is 12.3 Å². The van der Waals surface area contributed by atoms with Gasteiger partial charge in [-0.05, 0) is 6.04 Å². The summed E-state index contributed by atoms with van der Waals surface area (Å²) in [5, 5.41) is 0.814. The largest absolute Gasteiger partial charge is 0.499 e. The molecule has 0 amide bonds. The molecule has 0 N–H and O–H groups in total. The van der Waals surface area contributed by atoms with Gasteiger partial charge < -0.3 is 8.85 Å². The Labute approximate surface area is 147 Å². The minimum Gasteiger partial charge on any atom is -0.482 e. The summed E-state index contributed by atoms with van der Waals surface area (Å²) in [6.45, 7) is 11.1. The third-order valence-electron chi connectivity index (χ3n) is 4.62. The van der Waals surface area contributed by atoms with Crippen LogP contribution < -0.4 is 5.19 Å². The minimum atomic E-state index is -3.17. The Bertz CT molecular complexity index is 552. The zero-order chi connectivity index (χ0) is 18.2. The van der Waals surface area contributed by atoms with Crippen LogP contribution in [-0.4, -0.2) is 28.6 Å². The maximum Gasteiger partial charge on any atom is 0.499 e. The first-order chi connectivity index (χ1) is 11.3. The van der Waals surface area contributed by atoms with Crippen molar-refractivity contribution in [2.75, 3.05) is 0 Å². The molecule has 0 aliphatic carbocycles. The van der Waals surface area contributed by atoms with Gasteiger partial charge in [0.05, 0.1) is 8.07 Å². The Kier molecular flexibility index (Phi) is 7.63. The zero-order valence-corrected chi connectivity index (χ0v) is 17.1. The van der Waals surface area contributed by atoms with Crippen molar-refractivity contribution in [1.29, 1.82) is 0 Å². The van der Waals surface area contributed by atoms with Crippen molar-refractivity contribution < 1.29 is 18.4 Å². The maximum absolute atomic E-state index is 11.8. The maximum atomic E-state index is 11.8. The van der Waals surface area contributed by atoms with E-state index in [0.717, 1.165) is 23.3 Å². The number of hydrogen-bond donors (Lipinski definition) is 0. The molecule has 0 aliphatic heterocycles. The summed E-state index contributed by atoms with van der Waals surface area (Å²) in [6, 6.07) is 13.0. The van der Waals surface area contributed by atoms with Gasteiger partial charge in [0, 0.05) is 25.1 Å². The average molecular weight is 365 g/mol. The second kappa shape index (κ2) is 8.98. The van der Waals surface area contributed by atoms with E-state index in [4.69, 9.17) is 8.85 Å². The van der Waals surface area contributed by atoms with Crippen LogP contribution in [0.25, 0.3) is 0 Å². The van der Waals surface area contributed by atoms with Gasteiger partial charge in [-0.1, -0.05) is 56.3 Å². The number of carbonyl (C=O) groups excluding carboxylic acids is 2. The van der Waals surface area contributed by atoms with Crippen molar-refractivity contribution in [3.8, 4) is 0 Å². The van der Waals surface area contributed by atoms with Gasteiger partial charge in [0.25, 0.3) is 11.9 Å². The third kappa shape index (κ3) is 5.17. The van der Waals surface area contributed by atoms with Crippen LogP contribution in [0.3, 0.4) is 0 Å². The van der Waals surface area contributed by atoms with Gasteiger partial charge in [-0.3, -0.25) is 9.59 Å². The molecule has 24 heavy (non-hydrogen) atoms. The van der Waals surface area contributed by atoms with E-state index < -0.39 is 28.6 Å². The standard InChI is InChI=1S/C18H28O4Si2/c1-6-23(7-2,8-3)14-15-24(21-16(4)19,22-17(5)20)18-12-10-9-11-13-18/h6,9-13H,1,7-8,14-15H2,2-5H3. The van der Waals surface area contributed by atoms with Gasteiger partial charge in [0.1, 0.15) is 0 Å². The molecule has 1 aromatic carbocycles. The van der Waals surface area contributed by atoms with Crippen LogP contribution in [0.2, 0.25) is 24.2 Å². The molecule has 0 fully saturated rings. The van der Waals surface area contributed by atoms with Gasteiger partial charge in [0.15, 0.2) is 0 Å². The monoisotopic (exact) mass is 364 g/mol. The molecule has 1 aromatic rings. The van der Waals surface area contributed by atoms with Crippen LogP contribution >= 0.6 is 0 Å². The highest BCUT2D eigenvalue weighted by Crippen LogP contribution is 2.29. The lowest BCUT2D eigenvalue weighted by molar-refractivity contribution is -0.138. The van der Waals surface area contributed by atoms with E-state index in [1.165, 1.54) is 13.8 Å². The topological polar surface area (TPSA) is 52.6 Å². The molecule has 0 unspecified atom stereocenters. The summed E-state index contributed by atoms with van der Waals surface area (Å²) in [5.74, 6) is -0.823. The molecule has 132 valence electrons. The van der Waals surface area contributed by atoms with Crippen molar-refractivity contribution >= 4 is 33.8 Å². The van der Waals surface area contributed by atoms with Crippen LogP contribution in [-0.2, 0) is 18.4 Å². The summed E-state index contributed by atoms with van der Waals surface area (Å²) < 4.78 is 11.4. The highest BCUT2D eigenvalue weighted by atomic mass is 28.4. The molecule has 6 heteroatoms. The quantitative estimate of drug-likeness (QED) is 0.627. The molecule has 0 bridgehead atoms. The van der Waals surface area contributed by atoms with Crippen molar-refractivity contribution in [3.63, 3.8) is 0 Å². The van der Waals surface area contributed by atoms with E-state index in [1.807, 2.05) is 30.3 Å². The van der Waals surface area contributed by atoms with Gasteiger partial charge in [-0.25, -0.2) is 0 Å². The molecule has 1 rings (SSSR count). The molecule has 0 saturated heterocycles. The first-order valence-electron chi connectivity index (χ1n) is 8.41. The minimum absolute atomic E-state index is 0.411. The predicted octanol–water partition coefficient (Wildman–Crippen LogP) is 3.68. The number of rotatable bonds is 9. The molecule has 0 radical (unpaired) electrons. The van der Waals surface area contributed by atoms with E-state index in [2.05, 4.69) is 26.1 Å². The zero-order valence-electron chi connectivity index (χ0n) is 15.1. The van der Waals surface area contributed by atoms with Crippen LogP contribution in [0.4, 0.5) is 0 Å². The van der Waals surface area contributed by atoms with Crippen molar-refractivity contribution in [1.82, 2.24) is 0 Å². The summed E-state index contributed by atoms with van der Waals surface area (Å²) in [7, 11) is -4.81. The van der Waals surface area contributed by atoms with E-state index in [1.54, 1.807) is 0 Å². The smallest absolute Gasteiger partial charge is 0.482 e. The van der Waals surface area contributed by atoms with Gasteiger partial charge >= 0.3 is 8.56 Å². The number of hydrogen-bond acceptors (Lipinski definition) is 4. The SMILES string of the molecule is C=C[Si](CC)(CC)CC[Si](OC(C)=O)(OC(C)=O)c1ccccc1. The van der Waals surface area contributed by atoms with Crippen LogP contribution in [0.15, 0.2) is 42.6 Å². The fraction of sp³-hybridized carbons (Fsp3) is 0.444. The number of benzene rings is 1. The lowest BCUT2D eigenvalue weighted by atomic mass is 10.4. The Morgan fingerprint density at radius 2 is 1.50 bits per heavy atom. The highest BCUT2D eigenvalue weighted by molar-refractivity contribution is 6.88. The first-order valence-corrected chi connectivity index (χ1v) is 13.1. The second-order valence-electron chi connectivity index (χ2n) is 6.08. The first kappa shape index (κ1) is 20.4. The Morgan fingerprint density at radius 3 is 1.88 bits per heavy atom. The van der Waals surface area contributed by atoms with Crippen molar-refractivity contribution in [3.05, 3.63) is 42.6 Å². The lowest BCUT2D eigenvalue weighted by Crippen LogP contribution is -2.56. The summed E-state index contributed by atoms with van der Waals surface area (Å²) >= 11 is 0. The Balaban J connectivity index is 3.27. The molecule has 4 nitrogen and oxygen atoms in total. The van der Waals surface area contributed by atoms with Gasteiger partial charge in [-0.2, -0.15) is 0 Å². The van der Waals surface area contributed by atoms with Crippen molar-refractivity contribution in [2.24, 2.45) is 0 Å². The lowest BCUT2D eigenvalue weighted by Gasteiger charge is -2.33. The van der Waals surface area contributed by atoms with Crippen molar-refractivity contribution in [2.45, 2.75) is 51.9 Å². The normalized spacial score (nSPS) is 11.7. The number of carbonyl (C=O) groups is 2. The van der Waals surface area contributed by atoms with E-state index in [-0.39, 0.29) is 0 Å². The van der Waals surface area contributed by atoms with Crippen LogP contribution in [0, 0.1) is 0 Å². The molecular formula is C18H28O4Si2. The molecule has 0 aliphatic rings. The fourth-order valence-electron chi connectivity index (χ4n) is 2.95. The highest BCUT2D eigenvalue weighted by Gasteiger charge is 2.47. The summed E-state index contributed by atoms with van der Waals surface area (Å²) in [4.78, 5) is 23.5. The Hall–Kier alpha value is -1.67. The van der Waals surface area contributed by atoms with Gasteiger partial charge in [0.2, 0.25) is 0 Å². The molecular weight excluding hydrogens is 336 g/mol. The average Bonchev–Trinajstić information content (AvgIpc) is 2.56. The predicted molar refractivity (Wildman–Crippen MR) is 102 cm³/mol. The molecule has 0 saturated carbocycles. The molecule has 0 atom stereocenters. The fourth-order valence-corrected chi connectivity index (χ4v) is 10.6. The summed E-state index contributed by atoms with van der Waals surface area (Å²) in [5.41, 5.74) is 2.11.